The van der Waals surface area contributed by atoms with Crippen LogP contribution in [0.5, 0.6) is 0 Å². The zero-order valence-corrected chi connectivity index (χ0v) is 21.8. The maximum Gasteiger partial charge on any atom is 0.455 e. The molecule has 0 bridgehead atoms. The molecule has 0 spiro atoms. The van der Waals surface area contributed by atoms with Gasteiger partial charge < -0.3 is 5.73 Å². The van der Waals surface area contributed by atoms with Crippen molar-refractivity contribution < 1.29 is 35.2 Å². The van der Waals surface area contributed by atoms with Crippen LogP contribution in [0.15, 0.2) is 53.4 Å². The quantitative estimate of drug-likeness (QED) is 0.402. The largest absolute Gasteiger partial charge is 0.455 e. The van der Waals surface area contributed by atoms with Crippen LogP contribution in [0, 0.1) is 17.2 Å². The lowest BCUT2D eigenvalue weighted by molar-refractivity contribution is -0.309. The van der Waals surface area contributed by atoms with Gasteiger partial charge in [-0.3, -0.25) is 9.69 Å². The first-order valence-electron chi connectivity index (χ1n) is 11.8. The first kappa shape index (κ1) is 29.5. The summed E-state index contributed by atoms with van der Waals surface area (Å²) in [5.41, 5.74) is 4.31. The van der Waals surface area contributed by atoms with Crippen molar-refractivity contribution in [2.24, 2.45) is 11.7 Å². The van der Waals surface area contributed by atoms with Crippen LogP contribution in [-0.4, -0.2) is 49.2 Å². The number of sulfone groups is 1. The second kappa shape index (κ2) is 10.3. The summed E-state index contributed by atoms with van der Waals surface area (Å²) in [6.45, 7) is 3.33. The normalized spacial score (nSPS) is 17.2. The number of primary amides is 1. The van der Waals surface area contributed by atoms with E-state index in [9.17, 15) is 31.6 Å². The molecule has 0 saturated heterocycles. The molecular weight excluding hydrogens is 529 g/mol. The van der Waals surface area contributed by atoms with Crippen LogP contribution in [-0.2, 0) is 14.6 Å². The van der Waals surface area contributed by atoms with Crippen LogP contribution in [0.3, 0.4) is 0 Å². The lowest BCUT2D eigenvalue weighted by atomic mass is 9.90. The highest BCUT2D eigenvalue weighted by Crippen LogP contribution is 2.55. The lowest BCUT2D eigenvalue weighted by Gasteiger charge is -2.44. The summed E-state index contributed by atoms with van der Waals surface area (Å²) in [6.07, 6.45) is -5.03. The molecule has 1 aliphatic rings. The van der Waals surface area contributed by atoms with E-state index in [-0.39, 0.29) is 30.1 Å². The number of nitrogens with two attached hydrogens (primary N) is 1. The van der Waals surface area contributed by atoms with Gasteiger partial charge in [-0.1, -0.05) is 50.2 Å². The second-order valence-corrected chi connectivity index (χ2v) is 12.1. The zero-order valence-electron chi connectivity index (χ0n) is 21.0. The molecule has 0 unspecified atom stereocenters. The molecule has 0 heterocycles. The lowest BCUT2D eigenvalue weighted by Crippen LogP contribution is -2.59. The molecule has 0 aromatic heterocycles. The molecule has 6 nitrogen and oxygen atoms in total. The monoisotopic (exact) mass is 557 g/mol. The maximum absolute atomic E-state index is 15.3. The van der Waals surface area contributed by atoms with Gasteiger partial charge in [-0.2, -0.15) is 27.2 Å². The summed E-state index contributed by atoms with van der Waals surface area (Å²) in [7, 11) is -3.45. The number of alkyl halides is 5. The summed E-state index contributed by atoms with van der Waals surface area (Å²) in [4.78, 5) is 13.2. The van der Waals surface area contributed by atoms with E-state index < -0.39 is 51.0 Å². The van der Waals surface area contributed by atoms with Crippen molar-refractivity contribution in [1.29, 1.82) is 5.26 Å². The Kier molecular flexibility index (Phi) is 7.97. The van der Waals surface area contributed by atoms with Crippen LogP contribution >= 0.6 is 0 Å². The minimum Gasteiger partial charge on any atom is -0.368 e. The minimum atomic E-state index is -5.98. The van der Waals surface area contributed by atoms with Gasteiger partial charge in [-0.25, -0.2) is 8.42 Å². The zero-order chi connectivity index (χ0) is 28.7. The summed E-state index contributed by atoms with van der Waals surface area (Å²) < 4.78 is 95.4. The van der Waals surface area contributed by atoms with Gasteiger partial charge in [-0.15, -0.1) is 0 Å². The molecule has 3 rings (SSSR count). The highest BCUT2D eigenvalue weighted by atomic mass is 32.2. The SMILES string of the molecule is CC(C)C[C@@H](C(N)=O)N([C@@H](c1ccc(-c2ccc(S(C)(=O)=O)cc2)cc1)C(F)(F)C(F)(F)F)C1(C#N)CC1. The second-order valence-electron chi connectivity index (χ2n) is 10.0. The van der Waals surface area contributed by atoms with Gasteiger partial charge in [0.2, 0.25) is 5.91 Å². The molecule has 0 aliphatic heterocycles. The molecule has 1 aliphatic carbocycles. The Morgan fingerprint density at radius 1 is 1.03 bits per heavy atom. The number of carbonyl (C=O) groups is 1. The van der Waals surface area contributed by atoms with Gasteiger partial charge in [0.05, 0.1) is 17.0 Å². The molecule has 1 fully saturated rings. The Morgan fingerprint density at radius 3 is 1.84 bits per heavy atom. The van der Waals surface area contributed by atoms with Crippen molar-refractivity contribution in [2.45, 2.75) is 67.7 Å². The van der Waals surface area contributed by atoms with Gasteiger partial charge >= 0.3 is 12.1 Å². The Balaban J connectivity index is 2.16. The average Bonchev–Trinajstić information content (AvgIpc) is 3.61. The van der Waals surface area contributed by atoms with E-state index in [0.717, 1.165) is 18.4 Å². The van der Waals surface area contributed by atoms with Gasteiger partial charge in [0.25, 0.3) is 0 Å². The molecule has 2 aromatic carbocycles. The Hall–Kier alpha value is -3.04. The van der Waals surface area contributed by atoms with E-state index in [0.29, 0.717) is 16.0 Å². The van der Waals surface area contributed by atoms with E-state index in [1.807, 2.05) is 6.07 Å². The van der Waals surface area contributed by atoms with Crippen LogP contribution in [0.25, 0.3) is 11.1 Å². The smallest absolute Gasteiger partial charge is 0.368 e. The fourth-order valence-corrected chi connectivity index (χ4v) is 5.17. The first-order valence-corrected chi connectivity index (χ1v) is 13.7. The molecular formula is C26H28F5N3O3S. The summed E-state index contributed by atoms with van der Waals surface area (Å²) in [5.74, 6) is -6.71. The molecule has 12 heteroatoms. The van der Waals surface area contributed by atoms with Crippen LogP contribution in [0.4, 0.5) is 22.0 Å². The molecule has 1 saturated carbocycles. The number of rotatable bonds is 10. The Labute approximate surface area is 218 Å². The first-order chi connectivity index (χ1) is 17.4. The molecule has 38 heavy (non-hydrogen) atoms. The summed E-state index contributed by atoms with van der Waals surface area (Å²) in [6, 6.07) is 8.16. The highest BCUT2D eigenvalue weighted by molar-refractivity contribution is 7.90. The van der Waals surface area contributed by atoms with Crippen molar-refractivity contribution in [3.63, 3.8) is 0 Å². The molecule has 2 N–H and O–H groups in total. The van der Waals surface area contributed by atoms with E-state index in [4.69, 9.17) is 5.73 Å². The standard InChI is InChI=1S/C26H28F5N3O3S/c1-16(2)14-21(23(33)35)34(24(15-32)12-13-24)22(25(27,28)26(29,30)31)19-6-4-17(5-7-19)18-8-10-20(11-9-18)38(3,36)37/h4-11,16,21-22H,12-14H2,1-3H3,(H2,33,35)/t21-,22-/m0/s1. The van der Waals surface area contributed by atoms with Gasteiger partial charge in [0.15, 0.2) is 9.84 Å². The van der Waals surface area contributed by atoms with Crippen molar-refractivity contribution in [1.82, 2.24) is 4.90 Å². The predicted molar refractivity (Wildman–Crippen MR) is 131 cm³/mol. The fraction of sp³-hybridized carbons (Fsp3) is 0.462. The summed E-state index contributed by atoms with van der Waals surface area (Å²) >= 11 is 0. The van der Waals surface area contributed by atoms with E-state index >= 15 is 8.78 Å². The van der Waals surface area contributed by atoms with Gasteiger partial charge in [0.1, 0.15) is 11.6 Å². The minimum absolute atomic E-state index is 0.0145. The number of benzene rings is 2. The average molecular weight is 558 g/mol. The highest BCUT2D eigenvalue weighted by Gasteiger charge is 2.69. The molecule has 2 aromatic rings. The van der Waals surface area contributed by atoms with Crippen LogP contribution in [0.2, 0.25) is 0 Å². The van der Waals surface area contributed by atoms with Crippen molar-refractivity contribution in [3.05, 3.63) is 54.1 Å². The number of halogens is 5. The van der Waals surface area contributed by atoms with Crippen molar-refractivity contribution in [2.75, 3.05) is 6.26 Å². The maximum atomic E-state index is 15.3. The molecule has 206 valence electrons. The van der Waals surface area contributed by atoms with E-state index in [1.54, 1.807) is 13.8 Å². The third-order valence-electron chi connectivity index (χ3n) is 6.63. The number of nitriles is 1. The van der Waals surface area contributed by atoms with Crippen molar-refractivity contribution >= 4 is 15.7 Å². The van der Waals surface area contributed by atoms with E-state index in [1.165, 1.54) is 36.4 Å². The number of hydrogen-bond acceptors (Lipinski definition) is 5. The number of nitrogens with zero attached hydrogens (tertiary/aromatic N) is 2. The van der Waals surface area contributed by atoms with Crippen LogP contribution < -0.4 is 5.73 Å². The molecule has 0 radical (unpaired) electrons. The number of carbonyl (C=O) groups excluding carboxylic acids is 1. The third kappa shape index (κ3) is 5.83. The number of amides is 1. The Morgan fingerprint density at radius 2 is 1.50 bits per heavy atom. The van der Waals surface area contributed by atoms with E-state index in [2.05, 4.69) is 0 Å². The molecule has 2 atom stereocenters. The molecule has 1 amide bonds. The Bertz CT molecular complexity index is 1310. The predicted octanol–water partition coefficient (Wildman–Crippen LogP) is 5.25. The van der Waals surface area contributed by atoms with Gasteiger partial charge in [-0.05, 0) is 54.0 Å². The fourth-order valence-electron chi connectivity index (χ4n) is 4.54. The van der Waals surface area contributed by atoms with Crippen molar-refractivity contribution in [3.8, 4) is 17.2 Å². The summed E-state index contributed by atoms with van der Waals surface area (Å²) in [5, 5.41) is 9.82. The number of hydrogen-bond donors (Lipinski definition) is 1. The third-order valence-corrected chi connectivity index (χ3v) is 7.76. The van der Waals surface area contributed by atoms with Crippen LogP contribution in [0.1, 0.15) is 44.7 Å². The topological polar surface area (TPSA) is 104 Å². The van der Waals surface area contributed by atoms with Gasteiger partial charge in [0, 0.05) is 6.26 Å².